The van der Waals surface area contributed by atoms with E-state index >= 15 is 0 Å². The summed E-state index contributed by atoms with van der Waals surface area (Å²) in [5.74, 6) is 1.74. The summed E-state index contributed by atoms with van der Waals surface area (Å²) in [7, 11) is 1.62. The van der Waals surface area contributed by atoms with Crippen molar-refractivity contribution >= 4 is 5.91 Å². The van der Waals surface area contributed by atoms with Gasteiger partial charge in [0.15, 0.2) is 0 Å². The third-order valence-corrected chi connectivity index (χ3v) is 4.16. The first-order chi connectivity index (χ1) is 13.7. The lowest BCUT2D eigenvalue weighted by Gasteiger charge is -2.08. The molecule has 0 radical (unpaired) electrons. The van der Waals surface area contributed by atoms with E-state index in [1.54, 1.807) is 19.2 Å². The molecule has 3 rings (SSSR count). The molecule has 0 aliphatic heterocycles. The van der Waals surface area contributed by atoms with Crippen LogP contribution in [0.5, 0.6) is 17.4 Å². The molecule has 0 unspecified atom stereocenters. The van der Waals surface area contributed by atoms with E-state index in [2.05, 4.69) is 22.2 Å². The van der Waals surface area contributed by atoms with Crippen LogP contribution in [0.3, 0.4) is 0 Å². The molecule has 1 heterocycles. The molecule has 1 N–H and O–H groups in total. The van der Waals surface area contributed by atoms with E-state index in [0.29, 0.717) is 29.4 Å². The maximum Gasteiger partial charge on any atom is 0.251 e. The highest BCUT2D eigenvalue weighted by atomic mass is 16.5. The number of methoxy groups -OCH3 is 1. The normalized spacial score (nSPS) is 10.4. The lowest BCUT2D eigenvalue weighted by atomic mass is 10.1. The lowest BCUT2D eigenvalue weighted by Crippen LogP contribution is -2.24. The molecule has 2 aromatic carbocycles. The summed E-state index contributed by atoms with van der Waals surface area (Å²) in [4.78, 5) is 20.8. The molecule has 0 aliphatic rings. The summed E-state index contributed by atoms with van der Waals surface area (Å²) >= 11 is 0. The van der Waals surface area contributed by atoms with Crippen LogP contribution in [0.4, 0.5) is 0 Å². The molecule has 0 aliphatic carbocycles. The van der Waals surface area contributed by atoms with E-state index in [9.17, 15) is 4.79 Å². The molecule has 0 saturated heterocycles. The predicted octanol–water partition coefficient (Wildman–Crippen LogP) is 4.47. The number of aromatic nitrogens is 2. The predicted molar refractivity (Wildman–Crippen MR) is 108 cm³/mol. The number of benzene rings is 2. The van der Waals surface area contributed by atoms with Crippen LogP contribution in [-0.2, 0) is 0 Å². The van der Waals surface area contributed by atoms with Gasteiger partial charge in [-0.05, 0) is 42.8 Å². The second-order valence-electron chi connectivity index (χ2n) is 6.21. The molecular formula is C22H23N3O3. The maximum atomic E-state index is 12.3. The van der Waals surface area contributed by atoms with Gasteiger partial charge in [0.05, 0.1) is 12.8 Å². The number of unbranched alkanes of at least 4 members (excludes halogenated alkanes) is 1. The molecule has 6 heteroatoms. The quantitative estimate of drug-likeness (QED) is 0.586. The summed E-state index contributed by atoms with van der Waals surface area (Å²) in [6, 6.07) is 16.4. The molecule has 0 atom stereocenters. The maximum absolute atomic E-state index is 12.3. The summed E-state index contributed by atoms with van der Waals surface area (Å²) in [6.07, 6.45) is 3.45. The number of ether oxygens (including phenoxy) is 2. The first-order valence-electron chi connectivity index (χ1n) is 9.22. The third-order valence-electron chi connectivity index (χ3n) is 4.16. The highest BCUT2D eigenvalue weighted by Crippen LogP contribution is 2.25. The van der Waals surface area contributed by atoms with Crippen LogP contribution in [0.1, 0.15) is 30.1 Å². The molecule has 1 amide bonds. The first-order valence-corrected chi connectivity index (χ1v) is 9.22. The van der Waals surface area contributed by atoms with Crippen LogP contribution in [-0.4, -0.2) is 29.5 Å². The van der Waals surface area contributed by atoms with Gasteiger partial charge >= 0.3 is 0 Å². The zero-order chi connectivity index (χ0) is 19.8. The van der Waals surface area contributed by atoms with Crippen molar-refractivity contribution in [2.75, 3.05) is 13.7 Å². The molecule has 1 aromatic heterocycles. The SMILES string of the molecule is CCCCNC(=O)c1cccc(-c2cc(Oc3ccc(OC)cc3)ncn2)c1. The molecule has 144 valence electrons. The van der Waals surface area contributed by atoms with Gasteiger partial charge in [-0.15, -0.1) is 0 Å². The summed E-state index contributed by atoms with van der Waals surface area (Å²) in [5, 5.41) is 2.93. The molecule has 0 fully saturated rings. The Hall–Kier alpha value is -3.41. The van der Waals surface area contributed by atoms with Crippen molar-refractivity contribution in [3.05, 3.63) is 66.5 Å². The Kier molecular flexibility index (Phi) is 6.57. The summed E-state index contributed by atoms with van der Waals surface area (Å²) in [5.41, 5.74) is 2.11. The van der Waals surface area contributed by atoms with Gasteiger partial charge in [-0.1, -0.05) is 25.5 Å². The number of rotatable bonds is 8. The van der Waals surface area contributed by atoms with Crippen LogP contribution in [0.15, 0.2) is 60.9 Å². The van der Waals surface area contributed by atoms with E-state index in [0.717, 1.165) is 24.2 Å². The van der Waals surface area contributed by atoms with Gasteiger partial charge in [0.1, 0.15) is 17.8 Å². The Balaban J connectivity index is 1.75. The van der Waals surface area contributed by atoms with E-state index in [4.69, 9.17) is 9.47 Å². The van der Waals surface area contributed by atoms with Crippen molar-refractivity contribution in [1.29, 1.82) is 0 Å². The average molecular weight is 377 g/mol. The van der Waals surface area contributed by atoms with Crippen LogP contribution >= 0.6 is 0 Å². The fourth-order valence-electron chi connectivity index (χ4n) is 2.62. The Labute approximate surface area is 164 Å². The van der Waals surface area contributed by atoms with Gasteiger partial charge in [-0.25, -0.2) is 9.97 Å². The largest absolute Gasteiger partial charge is 0.497 e. The number of carbonyl (C=O) groups is 1. The number of carbonyl (C=O) groups excluding carboxylic acids is 1. The van der Waals surface area contributed by atoms with Crippen molar-refractivity contribution in [3.63, 3.8) is 0 Å². The van der Waals surface area contributed by atoms with Gasteiger partial charge in [-0.2, -0.15) is 0 Å². The minimum absolute atomic E-state index is 0.0842. The third kappa shape index (κ3) is 5.07. The minimum Gasteiger partial charge on any atom is -0.497 e. The Morgan fingerprint density at radius 3 is 2.57 bits per heavy atom. The second kappa shape index (κ2) is 9.50. The Morgan fingerprint density at radius 1 is 1.04 bits per heavy atom. The molecular weight excluding hydrogens is 354 g/mol. The van der Waals surface area contributed by atoms with Gasteiger partial charge in [-0.3, -0.25) is 4.79 Å². The number of hydrogen-bond acceptors (Lipinski definition) is 5. The Morgan fingerprint density at radius 2 is 1.82 bits per heavy atom. The second-order valence-corrected chi connectivity index (χ2v) is 6.21. The highest BCUT2D eigenvalue weighted by Gasteiger charge is 2.09. The molecule has 0 saturated carbocycles. The van der Waals surface area contributed by atoms with Crippen LogP contribution < -0.4 is 14.8 Å². The molecule has 6 nitrogen and oxygen atoms in total. The van der Waals surface area contributed by atoms with E-state index in [1.165, 1.54) is 6.33 Å². The molecule has 3 aromatic rings. The fraction of sp³-hybridized carbons (Fsp3) is 0.227. The molecule has 0 bridgehead atoms. The number of amides is 1. The fourth-order valence-corrected chi connectivity index (χ4v) is 2.62. The van der Waals surface area contributed by atoms with Gasteiger partial charge < -0.3 is 14.8 Å². The smallest absolute Gasteiger partial charge is 0.251 e. The molecule has 0 spiro atoms. The van der Waals surface area contributed by atoms with Crippen molar-refractivity contribution in [3.8, 4) is 28.6 Å². The van der Waals surface area contributed by atoms with Crippen LogP contribution in [0.2, 0.25) is 0 Å². The summed E-state index contributed by atoms with van der Waals surface area (Å²) < 4.78 is 10.9. The van der Waals surface area contributed by atoms with Gasteiger partial charge in [0.25, 0.3) is 5.91 Å². The topological polar surface area (TPSA) is 73.3 Å². The highest BCUT2D eigenvalue weighted by molar-refractivity contribution is 5.95. The van der Waals surface area contributed by atoms with Crippen molar-refractivity contribution in [2.24, 2.45) is 0 Å². The zero-order valence-electron chi connectivity index (χ0n) is 16.0. The Bertz CT molecular complexity index is 926. The molecule has 28 heavy (non-hydrogen) atoms. The first kappa shape index (κ1) is 19.4. The average Bonchev–Trinajstić information content (AvgIpc) is 2.75. The number of nitrogens with zero attached hydrogens (tertiary/aromatic N) is 2. The lowest BCUT2D eigenvalue weighted by molar-refractivity contribution is 0.0953. The minimum atomic E-state index is -0.0842. The van der Waals surface area contributed by atoms with Gasteiger partial charge in [0.2, 0.25) is 5.88 Å². The van der Waals surface area contributed by atoms with E-state index in [1.807, 2.05) is 42.5 Å². The summed E-state index contributed by atoms with van der Waals surface area (Å²) in [6.45, 7) is 2.76. The standard InChI is InChI=1S/C22H23N3O3/c1-3-4-12-23-22(26)17-7-5-6-16(13-17)20-14-21(25-15-24-20)28-19-10-8-18(27-2)9-11-19/h5-11,13-15H,3-4,12H2,1-2H3,(H,23,26). The van der Waals surface area contributed by atoms with E-state index < -0.39 is 0 Å². The van der Waals surface area contributed by atoms with Crippen LogP contribution in [0.25, 0.3) is 11.3 Å². The van der Waals surface area contributed by atoms with E-state index in [-0.39, 0.29) is 5.91 Å². The van der Waals surface area contributed by atoms with Crippen molar-refractivity contribution in [1.82, 2.24) is 15.3 Å². The number of hydrogen-bond donors (Lipinski definition) is 1. The monoisotopic (exact) mass is 377 g/mol. The van der Waals surface area contributed by atoms with Gasteiger partial charge in [0, 0.05) is 23.7 Å². The number of nitrogens with one attached hydrogen (secondary N) is 1. The van der Waals surface area contributed by atoms with Crippen molar-refractivity contribution in [2.45, 2.75) is 19.8 Å². The van der Waals surface area contributed by atoms with Crippen LogP contribution in [0, 0.1) is 0 Å². The van der Waals surface area contributed by atoms with Crippen molar-refractivity contribution < 1.29 is 14.3 Å². The zero-order valence-corrected chi connectivity index (χ0v) is 16.0.